The number of hydrogen-bond donors (Lipinski definition) is 0. The highest BCUT2D eigenvalue weighted by Gasteiger charge is 2.63. The number of hydrogen-bond acceptors (Lipinski definition) is 7. The van der Waals surface area contributed by atoms with Crippen LogP contribution < -0.4 is 0 Å². The van der Waals surface area contributed by atoms with Gasteiger partial charge in [0.2, 0.25) is 0 Å². The zero-order valence-electron chi connectivity index (χ0n) is 17.4. The van der Waals surface area contributed by atoms with Crippen molar-refractivity contribution in [1.29, 1.82) is 0 Å². The molecule has 0 radical (unpaired) electrons. The number of morpholine rings is 1. The molecule has 5 unspecified atom stereocenters. The third-order valence-electron chi connectivity index (χ3n) is 7.02. The molecule has 4 rings (SSSR count). The molecule has 2 heterocycles. The number of carbonyl (C=O) groups excluding carboxylic acids is 2. The van der Waals surface area contributed by atoms with E-state index >= 15 is 0 Å². The summed E-state index contributed by atoms with van der Waals surface area (Å²) in [4.78, 5) is 26.3. The van der Waals surface area contributed by atoms with Crippen LogP contribution in [-0.2, 0) is 28.5 Å². The van der Waals surface area contributed by atoms with Gasteiger partial charge in [-0.2, -0.15) is 0 Å². The second kappa shape index (κ2) is 10.2. The van der Waals surface area contributed by atoms with E-state index in [2.05, 4.69) is 4.90 Å². The maximum Gasteiger partial charge on any atom is 0.332 e. The first kappa shape index (κ1) is 21.1. The van der Waals surface area contributed by atoms with Crippen LogP contribution in [0, 0.1) is 17.8 Å². The van der Waals surface area contributed by atoms with Gasteiger partial charge in [0, 0.05) is 31.5 Å². The Kier molecular flexibility index (Phi) is 7.43. The number of carbonyl (C=O) groups is 2. The predicted molar refractivity (Wildman–Crippen MR) is 105 cm³/mol. The van der Waals surface area contributed by atoms with E-state index in [1.807, 2.05) is 0 Å². The predicted octanol–water partition coefficient (Wildman–Crippen LogP) is 2.17. The van der Waals surface area contributed by atoms with Crippen molar-refractivity contribution in [3.8, 4) is 0 Å². The van der Waals surface area contributed by atoms with Gasteiger partial charge in [0.15, 0.2) is 0 Å². The van der Waals surface area contributed by atoms with Gasteiger partial charge >= 0.3 is 11.9 Å². The molecule has 0 N–H and O–H groups in total. The highest BCUT2D eigenvalue weighted by Crippen LogP contribution is 2.55. The molecule has 0 spiro atoms. The van der Waals surface area contributed by atoms with E-state index in [1.165, 1.54) is 32.2 Å². The van der Waals surface area contributed by atoms with Gasteiger partial charge in [0.05, 0.1) is 19.1 Å². The quantitative estimate of drug-likeness (QED) is 0.361. The minimum Gasteiger partial charge on any atom is -0.458 e. The second-order valence-electron chi connectivity index (χ2n) is 8.99. The number of esters is 2. The summed E-state index contributed by atoms with van der Waals surface area (Å²) in [6, 6.07) is 0. The van der Waals surface area contributed by atoms with Crippen molar-refractivity contribution < 1.29 is 28.5 Å². The Morgan fingerprint density at radius 1 is 1.03 bits per heavy atom. The number of nitrogens with zero attached hydrogens (tertiary/aromatic N) is 1. The summed E-state index contributed by atoms with van der Waals surface area (Å²) in [7, 11) is 0. The Hall–Kier alpha value is -1.18. The topological polar surface area (TPSA) is 74.3 Å². The zero-order chi connectivity index (χ0) is 20.1. The molecule has 164 valence electrons. The largest absolute Gasteiger partial charge is 0.458 e. The minimum absolute atomic E-state index is 0.00245. The third kappa shape index (κ3) is 5.30. The third-order valence-corrected chi connectivity index (χ3v) is 7.02. The first-order valence-electron chi connectivity index (χ1n) is 11.5. The molecule has 7 nitrogen and oxygen atoms in total. The van der Waals surface area contributed by atoms with Gasteiger partial charge in [0.25, 0.3) is 0 Å². The molecule has 2 aliphatic carbocycles. The lowest BCUT2D eigenvalue weighted by Crippen LogP contribution is -2.36. The van der Waals surface area contributed by atoms with Crippen LogP contribution in [0.1, 0.15) is 51.4 Å². The van der Waals surface area contributed by atoms with E-state index in [4.69, 9.17) is 18.9 Å². The van der Waals surface area contributed by atoms with Crippen molar-refractivity contribution in [2.24, 2.45) is 17.8 Å². The molecule has 2 bridgehead atoms. The van der Waals surface area contributed by atoms with Crippen LogP contribution in [0.5, 0.6) is 0 Å². The van der Waals surface area contributed by atoms with Crippen molar-refractivity contribution >= 4 is 11.9 Å². The summed E-state index contributed by atoms with van der Waals surface area (Å²) in [5.41, 5.74) is 0. The van der Waals surface area contributed by atoms with Crippen LogP contribution >= 0.6 is 0 Å². The normalized spacial score (nSPS) is 33.2. The Labute approximate surface area is 173 Å². The van der Waals surface area contributed by atoms with E-state index in [0.717, 1.165) is 52.0 Å². The van der Waals surface area contributed by atoms with Gasteiger partial charge in [-0.05, 0) is 32.2 Å². The van der Waals surface area contributed by atoms with Crippen LogP contribution in [0.2, 0.25) is 0 Å². The Morgan fingerprint density at radius 2 is 1.79 bits per heavy atom. The van der Waals surface area contributed by atoms with Crippen LogP contribution in [0.3, 0.4) is 0 Å². The fraction of sp³-hybridized carbons (Fsp3) is 0.909. The molecule has 0 aromatic rings. The smallest absolute Gasteiger partial charge is 0.332 e. The molecule has 2 saturated carbocycles. The summed E-state index contributed by atoms with van der Waals surface area (Å²) in [5.74, 6) is 0.174. The van der Waals surface area contributed by atoms with Crippen molar-refractivity contribution in [1.82, 2.24) is 4.90 Å². The molecule has 0 aromatic heterocycles. The number of rotatable bonds is 12. The van der Waals surface area contributed by atoms with Crippen molar-refractivity contribution in [3.63, 3.8) is 0 Å². The lowest BCUT2D eigenvalue weighted by molar-refractivity contribution is -0.165. The van der Waals surface area contributed by atoms with E-state index in [1.54, 1.807) is 0 Å². The summed E-state index contributed by atoms with van der Waals surface area (Å²) >= 11 is 0. The highest BCUT2D eigenvalue weighted by atomic mass is 16.6. The molecule has 29 heavy (non-hydrogen) atoms. The first-order chi connectivity index (χ1) is 14.2. The average molecular weight is 410 g/mol. The van der Waals surface area contributed by atoms with Gasteiger partial charge in [-0.25, -0.2) is 4.79 Å². The van der Waals surface area contributed by atoms with Gasteiger partial charge < -0.3 is 18.9 Å². The maximum absolute atomic E-state index is 12.1. The van der Waals surface area contributed by atoms with Gasteiger partial charge in [-0.1, -0.05) is 25.7 Å². The molecule has 2 aliphatic heterocycles. The van der Waals surface area contributed by atoms with Crippen LogP contribution in [0.4, 0.5) is 0 Å². The minimum atomic E-state index is -0.329. The monoisotopic (exact) mass is 409 g/mol. The van der Waals surface area contributed by atoms with Crippen LogP contribution in [0.25, 0.3) is 0 Å². The van der Waals surface area contributed by atoms with Gasteiger partial charge in [-0.15, -0.1) is 0 Å². The number of unbranched alkanes of at least 4 members (excludes halogenated alkanes) is 5. The Balaban J connectivity index is 0.971. The fourth-order valence-corrected chi connectivity index (χ4v) is 5.48. The zero-order valence-corrected chi connectivity index (χ0v) is 17.4. The molecule has 4 aliphatic rings. The Morgan fingerprint density at radius 3 is 2.62 bits per heavy atom. The molecule has 4 fully saturated rings. The average Bonchev–Trinajstić information content (AvgIpc) is 3.35. The van der Waals surface area contributed by atoms with Gasteiger partial charge in [-0.3, -0.25) is 9.69 Å². The van der Waals surface area contributed by atoms with Crippen LogP contribution in [0.15, 0.2) is 0 Å². The summed E-state index contributed by atoms with van der Waals surface area (Å²) in [6.45, 7) is 5.70. The molecular weight excluding hydrogens is 374 g/mol. The van der Waals surface area contributed by atoms with Crippen molar-refractivity contribution in [3.05, 3.63) is 0 Å². The molecule has 0 aromatic carbocycles. The number of fused-ring (bicyclic) bond motifs is 1. The van der Waals surface area contributed by atoms with Crippen LogP contribution in [-0.4, -0.2) is 75.1 Å². The highest BCUT2D eigenvalue weighted by molar-refractivity contribution is 5.77. The first-order valence-corrected chi connectivity index (χ1v) is 11.5. The summed E-state index contributed by atoms with van der Waals surface area (Å²) in [6.07, 6.45) is 8.44. The molecule has 0 amide bonds. The van der Waals surface area contributed by atoms with Crippen molar-refractivity contribution in [2.75, 3.05) is 46.1 Å². The summed E-state index contributed by atoms with van der Waals surface area (Å²) in [5, 5.41) is 0. The molecule has 2 saturated heterocycles. The lowest BCUT2D eigenvalue weighted by atomic mass is 9.88. The second-order valence-corrected chi connectivity index (χ2v) is 8.99. The van der Waals surface area contributed by atoms with E-state index in [0.29, 0.717) is 6.61 Å². The molecular formula is C22H35NO6. The standard InChI is InChI=1S/C22H35NO6/c24-19(28-20-16-13-17-18(14-16)22(25)29-21(17)20)15-27-10-6-4-2-1-3-5-7-23-8-11-26-12-9-23/h16-18,20-21H,1-15H2. The maximum atomic E-state index is 12.1. The lowest BCUT2D eigenvalue weighted by Gasteiger charge is -2.26. The van der Waals surface area contributed by atoms with E-state index in [9.17, 15) is 9.59 Å². The summed E-state index contributed by atoms with van der Waals surface area (Å²) < 4.78 is 21.9. The fourth-order valence-electron chi connectivity index (χ4n) is 5.48. The number of ether oxygens (including phenoxy) is 4. The van der Waals surface area contributed by atoms with Crippen molar-refractivity contribution in [2.45, 2.75) is 63.6 Å². The van der Waals surface area contributed by atoms with E-state index in [-0.39, 0.29) is 48.5 Å². The SMILES string of the molecule is O=C(COCCCCCCCCN1CCOCC1)OC1C2CC3C(=O)OC1C3C2. The molecule has 7 heteroatoms. The molecule has 5 atom stereocenters. The van der Waals surface area contributed by atoms with E-state index < -0.39 is 0 Å². The Bertz CT molecular complexity index is 564. The van der Waals surface area contributed by atoms with Gasteiger partial charge in [0.1, 0.15) is 18.8 Å².